The van der Waals surface area contributed by atoms with Gasteiger partial charge in [-0.15, -0.1) is 0 Å². The van der Waals surface area contributed by atoms with Crippen LogP contribution in [0.1, 0.15) is 39.2 Å². The Kier molecular flexibility index (Phi) is 7.30. The largest absolute Gasteiger partial charge is 0.381 e. The van der Waals surface area contributed by atoms with Gasteiger partial charge in [0.2, 0.25) is 0 Å². The van der Waals surface area contributed by atoms with E-state index in [1.165, 1.54) is 11.9 Å². The van der Waals surface area contributed by atoms with Crippen molar-refractivity contribution < 1.29 is 9.53 Å². The van der Waals surface area contributed by atoms with Gasteiger partial charge in [0.1, 0.15) is 12.1 Å². The molecule has 29 heavy (non-hydrogen) atoms. The number of para-hydroxylation sites is 1. The highest BCUT2D eigenvalue weighted by Crippen LogP contribution is 2.31. The van der Waals surface area contributed by atoms with Gasteiger partial charge in [-0.1, -0.05) is 18.2 Å². The second-order valence-electron chi connectivity index (χ2n) is 7.41. The molecule has 0 radical (unpaired) electrons. The van der Waals surface area contributed by atoms with Gasteiger partial charge in [-0.25, -0.2) is 9.98 Å². The van der Waals surface area contributed by atoms with Gasteiger partial charge in [0.05, 0.1) is 6.20 Å². The molecule has 2 heterocycles. The number of nitrogens with one attached hydrogen (secondary N) is 1. The van der Waals surface area contributed by atoms with E-state index in [0.717, 1.165) is 37.2 Å². The van der Waals surface area contributed by atoms with Crippen molar-refractivity contribution in [3.63, 3.8) is 0 Å². The first-order valence-corrected chi connectivity index (χ1v) is 10.1. The highest BCUT2D eigenvalue weighted by molar-refractivity contribution is 6.38. The van der Waals surface area contributed by atoms with E-state index in [1.54, 1.807) is 13.1 Å². The summed E-state index contributed by atoms with van der Waals surface area (Å²) in [7, 11) is 0. The molecule has 1 aromatic rings. The number of carbonyl (C=O) groups excluding carboxylic acids is 1. The number of benzene rings is 1. The Morgan fingerprint density at radius 2 is 1.93 bits per heavy atom. The lowest BCUT2D eigenvalue weighted by molar-refractivity contribution is -0.116. The van der Waals surface area contributed by atoms with Gasteiger partial charge < -0.3 is 15.0 Å². The molecule has 0 spiro atoms. The van der Waals surface area contributed by atoms with Gasteiger partial charge in [0.25, 0.3) is 5.91 Å². The fourth-order valence-corrected chi connectivity index (χ4v) is 3.30. The first kappa shape index (κ1) is 20.9. The third-order valence-corrected chi connectivity index (χ3v) is 4.93. The molecule has 1 amide bonds. The van der Waals surface area contributed by atoms with Crippen LogP contribution in [0, 0.1) is 0 Å². The minimum atomic E-state index is -0.152. The Morgan fingerprint density at radius 3 is 2.69 bits per heavy atom. The van der Waals surface area contributed by atoms with Gasteiger partial charge >= 0.3 is 0 Å². The van der Waals surface area contributed by atoms with Crippen LogP contribution in [0.2, 0.25) is 0 Å². The number of rotatable bonds is 6. The van der Waals surface area contributed by atoms with Crippen molar-refractivity contribution in [1.82, 2.24) is 5.32 Å². The molecule has 2 aliphatic rings. The molecule has 1 fully saturated rings. The number of aliphatic imine (C=N–C) groups is 3. The predicted octanol–water partition coefficient (Wildman–Crippen LogP) is 3.11. The maximum atomic E-state index is 12.5. The van der Waals surface area contributed by atoms with Crippen LogP contribution in [0.5, 0.6) is 0 Å². The van der Waals surface area contributed by atoms with Crippen LogP contribution in [-0.4, -0.2) is 49.5 Å². The van der Waals surface area contributed by atoms with Crippen LogP contribution >= 0.6 is 0 Å². The van der Waals surface area contributed by atoms with E-state index >= 15 is 0 Å². The van der Waals surface area contributed by atoms with Gasteiger partial charge in [-0.3, -0.25) is 9.79 Å². The number of hydrogen-bond acceptors (Lipinski definition) is 5. The summed E-state index contributed by atoms with van der Waals surface area (Å²) in [4.78, 5) is 27.7. The summed E-state index contributed by atoms with van der Waals surface area (Å²) in [6.07, 6.45) is 5.81. The summed E-state index contributed by atoms with van der Waals surface area (Å²) in [5, 5.41) is 3.03. The molecule has 3 rings (SSSR count). The molecule has 2 aliphatic heterocycles. The van der Waals surface area contributed by atoms with Crippen LogP contribution in [0.25, 0.3) is 0 Å². The molecule has 0 saturated carbocycles. The zero-order chi connectivity index (χ0) is 20.6. The Morgan fingerprint density at radius 1 is 1.17 bits per heavy atom. The van der Waals surface area contributed by atoms with Crippen molar-refractivity contribution in [3.05, 3.63) is 41.8 Å². The minimum Gasteiger partial charge on any atom is -0.381 e. The van der Waals surface area contributed by atoms with E-state index < -0.39 is 0 Å². The molecular weight excluding hydrogens is 366 g/mol. The smallest absolute Gasteiger partial charge is 0.265 e. The predicted molar refractivity (Wildman–Crippen MR) is 118 cm³/mol. The van der Waals surface area contributed by atoms with E-state index in [1.807, 2.05) is 26.0 Å². The number of fused-ring (bicyclic) bond motifs is 1. The third kappa shape index (κ3) is 5.84. The number of carbonyl (C=O) groups is 1. The maximum Gasteiger partial charge on any atom is 0.265 e. The molecule has 7 heteroatoms. The van der Waals surface area contributed by atoms with E-state index in [-0.39, 0.29) is 11.9 Å². The molecule has 154 valence electrons. The van der Waals surface area contributed by atoms with E-state index in [9.17, 15) is 4.79 Å². The van der Waals surface area contributed by atoms with Gasteiger partial charge in [-0.2, -0.15) is 0 Å². The summed E-state index contributed by atoms with van der Waals surface area (Å²) < 4.78 is 5.34. The molecule has 0 atom stereocenters. The van der Waals surface area contributed by atoms with Crippen molar-refractivity contribution >= 4 is 29.4 Å². The topological polar surface area (TPSA) is 78.6 Å². The molecular formula is C22H29N5O2. The first-order valence-electron chi connectivity index (χ1n) is 10.1. The lowest BCUT2D eigenvalue weighted by Gasteiger charge is -2.23. The minimum absolute atomic E-state index is 0.148. The lowest BCUT2D eigenvalue weighted by Crippen LogP contribution is -2.41. The molecule has 1 aromatic carbocycles. The zero-order valence-corrected chi connectivity index (χ0v) is 17.4. The van der Waals surface area contributed by atoms with Crippen molar-refractivity contribution in [2.45, 2.75) is 46.1 Å². The maximum absolute atomic E-state index is 12.5. The van der Waals surface area contributed by atoms with Crippen molar-refractivity contribution in [2.24, 2.45) is 15.0 Å². The van der Waals surface area contributed by atoms with E-state index in [0.29, 0.717) is 24.7 Å². The van der Waals surface area contributed by atoms with Crippen LogP contribution < -0.4 is 10.2 Å². The molecule has 7 nitrogen and oxygen atoms in total. The molecule has 0 aliphatic carbocycles. The van der Waals surface area contributed by atoms with Crippen molar-refractivity contribution in [1.29, 1.82) is 0 Å². The normalized spacial score (nSPS) is 18.1. The SMILES string of the molecule is CC(C)=N/C=N\C(=C\N=C(C)C(=O)NC1CCOCC1)N1CCc2ccccc21. The van der Waals surface area contributed by atoms with E-state index in [2.05, 4.69) is 37.3 Å². The molecule has 1 saturated heterocycles. The van der Waals surface area contributed by atoms with Gasteiger partial charge in [-0.05, 0) is 51.7 Å². The lowest BCUT2D eigenvalue weighted by atomic mass is 10.1. The number of hydrogen-bond donors (Lipinski definition) is 1. The highest BCUT2D eigenvalue weighted by atomic mass is 16.5. The number of nitrogens with zero attached hydrogens (tertiary/aromatic N) is 4. The Balaban J connectivity index is 1.78. The number of amides is 1. The standard InChI is InChI=1S/C22H29N5O2/c1-16(2)24-15-25-21(27-11-8-18-6-4-5-7-20(18)27)14-23-17(3)22(28)26-19-9-12-29-13-10-19/h4-7,14-15,19H,8-13H2,1-3H3,(H,26,28)/b21-14-,23-17?,25-15-. The number of ether oxygens (including phenoxy) is 1. The number of anilines is 1. The average molecular weight is 396 g/mol. The van der Waals surface area contributed by atoms with Crippen LogP contribution in [0.3, 0.4) is 0 Å². The van der Waals surface area contributed by atoms with Crippen LogP contribution in [0.4, 0.5) is 5.69 Å². The quantitative estimate of drug-likeness (QED) is 0.594. The summed E-state index contributed by atoms with van der Waals surface area (Å²) in [5.41, 5.74) is 3.73. The molecule has 1 N–H and O–H groups in total. The second kappa shape index (κ2) is 10.1. The van der Waals surface area contributed by atoms with Crippen molar-refractivity contribution in [3.8, 4) is 0 Å². The van der Waals surface area contributed by atoms with Crippen LogP contribution in [-0.2, 0) is 16.0 Å². The Labute approximate surface area is 172 Å². The fourth-order valence-electron chi connectivity index (χ4n) is 3.30. The van der Waals surface area contributed by atoms with Crippen LogP contribution in [0.15, 0.2) is 51.3 Å². The highest BCUT2D eigenvalue weighted by Gasteiger charge is 2.21. The first-order chi connectivity index (χ1) is 14.0. The van der Waals surface area contributed by atoms with Gasteiger partial charge in [0, 0.05) is 37.2 Å². The monoisotopic (exact) mass is 395 g/mol. The zero-order valence-electron chi connectivity index (χ0n) is 17.4. The molecule has 0 bridgehead atoms. The Bertz CT molecular complexity index is 847. The summed E-state index contributed by atoms with van der Waals surface area (Å²) in [6.45, 7) is 7.75. The summed E-state index contributed by atoms with van der Waals surface area (Å²) in [5.74, 6) is 0.513. The Hall–Kier alpha value is -2.80. The second-order valence-corrected chi connectivity index (χ2v) is 7.41. The summed E-state index contributed by atoms with van der Waals surface area (Å²) >= 11 is 0. The van der Waals surface area contributed by atoms with Gasteiger partial charge in [0.15, 0.2) is 5.82 Å². The average Bonchev–Trinajstić information content (AvgIpc) is 3.15. The molecule has 0 aromatic heterocycles. The fraction of sp³-hybridized carbons (Fsp3) is 0.455. The van der Waals surface area contributed by atoms with E-state index in [4.69, 9.17) is 4.74 Å². The summed E-state index contributed by atoms with van der Waals surface area (Å²) in [6, 6.07) is 8.41. The van der Waals surface area contributed by atoms with Crippen molar-refractivity contribution in [2.75, 3.05) is 24.7 Å². The molecule has 0 unspecified atom stereocenters. The third-order valence-electron chi connectivity index (χ3n) is 4.93.